The molecule has 2 N–H and O–H groups in total. The minimum absolute atomic E-state index is 0.508. The summed E-state index contributed by atoms with van der Waals surface area (Å²) in [6.45, 7) is 1.40. The van der Waals surface area contributed by atoms with Crippen molar-refractivity contribution in [1.82, 2.24) is 4.98 Å². The second-order valence-corrected chi connectivity index (χ2v) is 5.58. The number of hydrogen-bond acceptors (Lipinski definition) is 3. The van der Waals surface area contributed by atoms with Gasteiger partial charge in [-0.05, 0) is 18.9 Å². The molecule has 0 aliphatic heterocycles. The van der Waals surface area contributed by atoms with E-state index >= 15 is 0 Å². The van der Waals surface area contributed by atoms with Crippen LogP contribution in [0.15, 0.2) is 12.3 Å². The van der Waals surface area contributed by atoms with Gasteiger partial charge in [0.1, 0.15) is 5.82 Å². The van der Waals surface area contributed by atoms with E-state index in [0.717, 1.165) is 12.4 Å². The molecule has 100 valence electrons. The zero-order valence-corrected chi connectivity index (χ0v) is 11.9. The Morgan fingerprint density at radius 1 is 1.28 bits per heavy atom. The van der Waals surface area contributed by atoms with Gasteiger partial charge in [-0.2, -0.15) is 0 Å². The van der Waals surface area contributed by atoms with Gasteiger partial charge in [0.15, 0.2) is 0 Å². The van der Waals surface area contributed by atoms with Crippen LogP contribution in [-0.2, 0) is 0 Å². The van der Waals surface area contributed by atoms with Crippen LogP contribution in [-0.4, -0.2) is 24.1 Å². The molecule has 0 amide bonds. The highest BCUT2D eigenvalue weighted by molar-refractivity contribution is 6.36. The van der Waals surface area contributed by atoms with Crippen molar-refractivity contribution in [2.75, 3.05) is 18.0 Å². The van der Waals surface area contributed by atoms with Crippen LogP contribution < -0.4 is 10.6 Å². The Bertz CT molecular complexity index is 392. The van der Waals surface area contributed by atoms with Crippen molar-refractivity contribution in [3.05, 3.63) is 22.3 Å². The molecule has 1 fully saturated rings. The van der Waals surface area contributed by atoms with Gasteiger partial charge in [-0.1, -0.05) is 42.5 Å². The second-order valence-electron chi connectivity index (χ2n) is 4.73. The molecule has 1 aliphatic carbocycles. The van der Waals surface area contributed by atoms with Gasteiger partial charge in [-0.3, -0.25) is 0 Å². The van der Waals surface area contributed by atoms with Crippen LogP contribution in [0.5, 0.6) is 0 Å². The third kappa shape index (κ3) is 3.28. The molecule has 3 nitrogen and oxygen atoms in total. The largest absolute Gasteiger partial charge is 0.351 e. The van der Waals surface area contributed by atoms with Crippen molar-refractivity contribution in [2.24, 2.45) is 5.73 Å². The van der Waals surface area contributed by atoms with Crippen LogP contribution in [0.25, 0.3) is 0 Å². The average molecular weight is 288 g/mol. The van der Waals surface area contributed by atoms with E-state index in [1.54, 1.807) is 12.3 Å². The lowest BCUT2D eigenvalue weighted by Crippen LogP contribution is -2.40. The van der Waals surface area contributed by atoms with Crippen LogP contribution in [0.4, 0.5) is 5.82 Å². The summed E-state index contributed by atoms with van der Waals surface area (Å²) < 4.78 is 0. The first-order valence-electron chi connectivity index (χ1n) is 6.50. The summed E-state index contributed by atoms with van der Waals surface area (Å²) in [6.07, 6.45) is 7.92. The number of rotatable bonds is 4. The van der Waals surface area contributed by atoms with Crippen molar-refractivity contribution in [3.8, 4) is 0 Å². The molecule has 1 aromatic rings. The first-order valence-corrected chi connectivity index (χ1v) is 7.25. The van der Waals surface area contributed by atoms with E-state index in [1.807, 2.05) is 0 Å². The highest BCUT2D eigenvalue weighted by Gasteiger charge is 2.23. The van der Waals surface area contributed by atoms with Crippen molar-refractivity contribution >= 4 is 29.0 Å². The minimum atomic E-state index is 0.508. The Morgan fingerprint density at radius 3 is 2.61 bits per heavy atom. The number of halogens is 2. The van der Waals surface area contributed by atoms with Gasteiger partial charge in [0.25, 0.3) is 0 Å². The van der Waals surface area contributed by atoms with Crippen LogP contribution in [0.3, 0.4) is 0 Å². The fourth-order valence-electron chi connectivity index (χ4n) is 2.61. The van der Waals surface area contributed by atoms with Crippen LogP contribution >= 0.6 is 23.2 Å². The predicted molar refractivity (Wildman–Crippen MR) is 77.5 cm³/mol. The van der Waals surface area contributed by atoms with Crippen molar-refractivity contribution in [2.45, 2.75) is 38.1 Å². The fraction of sp³-hybridized carbons (Fsp3) is 0.615. The van der Waals surface area contributed by atoms with E-state index in [4.69, 9.17) is 28.9 Å². The van der Waals surface area contributed by atoms with Gasteiger partial charge >= 0.3 is 0 Å². The molecule has 18 heavy (non-hydrogen) atoms. The lowest BCUT2D eigenvalue weighted by atomic mass is 9.94. The maximum Gasteiger partial charge on any atom is 0.147 e. The number of pyridine rings is 1. The van der Waals surface area contributed by atoms with Crippen molar-refractivity contribution < 1.29 is 0 Å². The predicted octanol–water partition coefficient (Wildman–Crippen LogP) is 3.49. The molecule has 0 radical (unpaired) electrons. The van der Waals surface area contributed by atoms with Crippen LogP contribution in [0, 0.1) is 0 Å². The summed E-state index contributed by atoms with van der Waals surface area (Å²) in [6, 6.07) is 2.26. The molecule has 1 saturated carbocycles. The summed E-state index contributed by atoms with van der Waals surface area (Å²) in [5.74, 6) is 0.818. The number of nitrogens with two attached hydrogens (primary N) is 1. The Kier molecular flexibility index (Phi) is 5.10. The molecular formula is C13H19Cl2N3. The van der Waals surface area contributed by atoms with E-state index in [9.17, 15) is 0 Å². The molecule has 1 aliphatic rings. The van der Waals surface area contributed by atoms with E-state index in [2.05, 4.69) is 9.88 Å². The maximum absolute atomic E-state index is 6.25. The Balaban J connectivity index is 2.22. The molecule has 0 atom stereocenters. The van der Waals surface area contributed by atoms with Gasteiger partial charge < -0.3 is 10.6 Å². The van der Waals surface area contributed by atoms with Gasteiger partial charge in [0.05, 0.1) is 10.0 Å². The molecule has 0 unspecified atom stereocenters. The Hall–Kier alpha value is -0.510. The lowest BCUT2D eigenvalue weighted by Gasteiger charge is -2.35. The van der Waals surface area contributed by atoms with Crippen LogP contribution in [0.1, 0.15) is 32.1 Å². The Morgan fingerprint density at radius 2 is 2.00 bits per heavy atom. The molecule has 0 saturated heterocycles. The SMILES string of the molecule is NCCN(c1ncc(Cl)cc1Cl)C1CCCCC1. The third-order valence-corrected chi connectivity index (χ3v) is 3.93. The molecule has 2 rings (SSSR count). The molecule has 1 heterocycles. The number of nitrogens with zero attached hydrogens (tertiary/aromatic N) is 2. The van der Waals surface area contributed by atoms with E-state index in [0.29, 0.717) is 22.6 Å². The normalized spacial score (nSPS) is 16.8. The standard InChI is InChI=1S/C13H19Cl2N3/c14-10-8-12(15)13(17-9-10)18(7-6-16)11-4-2-1-3-5-11/h8-9,11H,1-7,16H2. The molecule has 1 aromatic heterocycles. The lowest BCUT2D eigenvalue weighted by molar-refractivity contribution is 0.414. The average Bonchev–Trinajstić information content (AvgIpc) is 2.38. The highest BCUT2D eigenvalue weighted by Crippen LogP contribution is 2.31. The molecule has 5 heteroatoms. The number of anilines is 1. The topological polar surface area (TPSA) is 42.1 Å². The quantitative estimate of drug-likeness (QED) is 0.922. The third-order valence-electron chi connectivity index (χ3n) is 3.45. The minimum Gasteiger partial charge on any atom is -0.351 e. The van der Waals surface area contributed by atoms with Gasteiger partial charge in [-0.25, -0.2) is 4.98 Å². The first kappa shape index (κ1) is 13.9. The van der Waals surface area contributed by atoms with E-state index < -0.39 is 0 Å². The number of aromatic nitrogens is 1. The number of hydrogen-bond donors (Lipinski definition) is 1. The summed E-state index contributed by atoms with van der Waals surface area (Å²) in [7, 11) is 0. The molecular weight excluding hydrogens is 269 g/mol. The van der Waals surface area contributed by atoms with E-state index in [-0.39, 0.29) is 0 Å². The van der Waals surface area contributed by atoms with Crippen molar-refractivity contribution in [3.63, 3.8) is 0 Å². The summed E-state index contributed by atoms with van der Waals surface area (Å²) >= 11 is 12.1. The maximum atomic E-state index is 6.25. The smallest absolute Gasteiger partial charge is 0.147 e. The highest BCUT2D eigenvalue weighted by atomic mass is 35.5. The second kappa shape index (κ2) is 6.60. The molecule has 0 aromatic carbocycles. The molecule has 0 bridgehead atoms. The summed E-state index contributed by atoms with van der Waals surface area (Å²) in [4.78, 5) is 6.63. The zero-order valence-electron chi connectivity index (χ0n) is 10.4. The van der Waals surface area contributed by atoms with Gasteiger partial charge in [0, 0.05) is 25.3 Å². The molecule has 0 spiro atoms. The monoisotopic (exact) mass is 287 g/mol. The first-order chi connectivity index (χ1) is 8.72. The van der Waals surface area contributed by atoms with Gasteiger partial charge in [0.2, 0.25) is 0 Å². The van der Waals surface area contributed by atoms with Gasteiger partial charge in [-0.15, -0.1) is 0 Å². The van der Waals surface area contributed by atoms with Crippen LogP contribution in [0.2, 0.25) is 10.0 Å². The zero-order chi connectivity index (χ0) is 13.0. The summed E-state index contributed by atoms with van der Waals surface area (Å²) in [5.41, 5.74) is 5.71. The van der Waals surface area contributed by atoms with E-state index in [1.165, 1.54) is 32.1 Å². The van der Waals surface area contributed by atoms with Crippen molar-refractivity contribution in [1.29, 1.82) is 0 Å². The summed E-state index contributed by atoms with van der Waals surface area (Å²) in [5, 5.41) is 1.18. The fourth-order valence-corrected chi connectivity index (χ4v) is 3.10. The Labute approximate surface area is 118 Å².